The lowest BCUT2D eigenvalue weighted by Gasteiger charge is -2.15. The lowest BCUT2D eigenvalue weighted by Crippen LogP contribution is -2.27. The van der Waals surface area contributed by atoms with Crippen molar-refractivity contribution in [2.75, 3.05) is 29.1 Å². The van der Waals surface area contributed by atoms with Crippen LogP contribution in [-0.2, 0) is 4.79 Å². The highest BCUT2D eigenvalue weighted by Crippen LogP contribution is 2.28. The van der Waals surface area contributed by atoms with Crippen LogP contribution >= 0.6 is 11.8 Å². The first kappa shape index (κ1) is 21.7. The lowest BCUT2D eigenvalue weighted by atomic mass is 10.2. The molecule has 1 aliphatic rings. The van der Waals surface area contributed by atoms with Gasteiger partial charge in [0.25, 0.3) is 0 Å². The SMILES string of the molecule is O=C(CSc1nnc(-c2ccccc2)n1-c1ccccc1)Nc1cccc(N2CCNC2=O)c1. The van der Waals surface area contributed by atoms with E-state index in [1.54, 1.807) is 17.0 Å². The Labute approximate surface area is 201 Å². The van der Waals surface area contributed by atoms with Crippen LogP contribution in [0, 0.1) is 0 Å². The second-order valence-electron chi connectivity index (χ2n) is 7.61. The van der Waals surface area contributed by atoms with Crippen molar-refractivity contribution >= 4 is 35.1 Å². The molecule has 8 nitrogen and oxygen atoms in total. The Balaban J connectivity index is 1.32. The molecule has 0 atom stereocenters. The summed E-state index contributed by atoms with van der Waals surface area (Å²) in [6.07, 6.45) is 0. The van der Waals surface area contributed by atoms with E-state index in [9.17, 15) is 9.59 Å². The molecule has 1 aromatic heterocycles. The van der Waals surface area contributed by atoms with Crippen LogP contribution in [0.2, 0.25) is 0 Å². The number of para-hydroxylation sites is 1. The van der Waals surface area contributed by atoms with E-state index in [1.165, 1.54) is 11.8 Å². The highest BCUT2D eigenvalue weighted by atomic mass is 32.2. The van der Waals surface area contributed by atoms with E-state index in [0.29, 0.717) is 29.8 Å². The Morgan fingerprint density at radius 3 is 2.41 bits per heavy atom. The minimum Gasteiger partial charge on any atom is -0.336 e. The fourth-order valence-electron chi connectivity index (χ4n) is 3.74. The first-order valence-electron chi connectivity index (χ1n) is 10.8. The van der Waals surface area contributed by atoms with Gasteiger partial charge in [-0.2, -0.15) is 0 Å². The molecule has 0 spiro atoms. The molecule has 170 valence electrons. The molecule has 0 unspecified atom stereocenters. The van der Waals surface area contributed by atoms with Gasteiger partial charge in [0.1, 0.15) is 0 Å². The van der Waals surface area contributed by atoms with Crippen LogP contribution in [0.5, 0.6) is 0 Å². The summed E-state index contributed by atoms with van der Waals surface area (Å²) < 4.78 is 1.96. The Kier molecular flexibility index (Phi) is 6.26. The number of amides is 3. The van der Waals surface area contributed by atoms with Crippen molar-refractivity contribution in [1.29, 1.82) is 0 Å². The highest BCUT2D eigenvalue weighted by molar-refractivity contribution is 7.99. The van der Waals surface area contributed by atoms with Crippen LogP contribution in [0.25, 0.3) is 17.1 Å². The minimum atomic E-state index is -0.170. The van der Waals surface area contributed by atoms with E-state index in [4.69, 9.17) is 0 Å². The zero-order valence-corrected chi connectivity index (χ0v) is 19.0. The van der Waals surface area contributed by atoms with E-state index in [1.807, 2.05) is 77.4 Å². The third kappa shape index (κ3) is 4.65. The van der Waals surface area contributed by atoms with E-state index in [2.05, 4.69) is 20.8 Å². The summed E-state index contributed by atoms with van der Waals surface area (Å²) in [6.45, 7) is 1.21. The Morgan fingerprint density at radius 2 is 1.68 bits per heavy atom. The number of aromatic nitrogens is 3. The predicted molar refractivity (Wildman–Crippen MR) is 133 cm³/mol. The third-order valence-corrected chi connectivity index (χ3v) is 6.24. The Morgan fingerprint density at radius 1 is 0.941 bits per heavy atom. The topological polar surface area (TPSA) is 92.2 Å². The van der Waals surface area contributed by atoms with E-state index < -0.39 is 0 Å². The van der Waals surface area contributed by atoms with E-state index >= 15 is 0 Å². The maximum atomic E-state index is 12.7. The molecule has 0 saturated carbocycles. The number of hydrogen-bond acceptors (Lipinski definition) is 5. The van der Waals surface area contributed by atoms with Gasteiger partial charge in [-0.05, 0) is 30.3 Å². The van der Waals surface area contributed by atoms with Crippen LogP contribution in [0.15, 0.2) is 90.1 Å². The minimum absolute atomic E-state index is 0.131. The summed E-state index contributed by atoms with van der Waals surface area (Å²) in [7, 11) is 0. The smallest absolute Gasteiger partial charge is 0.321 e. The molecule has 0 aliphatic carbocycles. The van der Waals surface area contributed by atoms with Gasteiger partial charge in [-0.15, -0.1) is 10.2 Å². The summed E-state index contributed by atoms with van der Waals surface area (Å²) in [4.78, 5) is 26.3. The number of thioether (sulfide) groups is 1. The molecule has 1 saturated heterocycles. The standard InChI is InChI=1S/C25H22N6O2S/c32-22(27-19-10-7-13-21(16-19)30-15-14-26-24(30)33)17-34-25-29-28-23(18-8-3-1-4-9-18)31(25)20-11-5-2-6-12-20/h1-13,16H,14-15,17H2,(H,26,33)(H,27,32). The number of anilines is 2. The summed E-state index contributed by atoms with van der Waals surface area (Å²) >= 11 is 1.32. The predicted octanol–water partition coefficient (Wildman–Crippen LogP) is 4.19. The number of nitrogens with zero attached hydrogens (tertiary/aromatic N) is 4. The molecule has 3 amide bonds. The molecule has 9 heteroatoms. The molecule has 2 N–H and O–H groups in total. The fraction of sp³-hybridized carbons (Fsp3) is 0.120. The molecular weight excluding hydrogens is 448 g/mol. The van der Waals surface area contributed by atoms with Crippen LogP contribution < -0.4 is 15.5 Å². The third-order valence-electron chi connectivity index (χ3n) is 5.31. The van der Waals surface area contributed by atoms with Crippen LogP contribution in [0.1, 0.15) is 0 Å². The number of benzene rings is 3. The first-order valence-corrected chi connectivity index (χ1v) is 11.8. The largest absolute Gasteiger partial charge is 0.336 e. The molecule has 4 aromatic rings. The Bertz CT molecular complexity index is 1310. The maximum absolute atomic E-state index is 12.7. The second-order valence-corrected chi connectivity index (χ2v) is 8.56. The number of nitrogens with one attached hydrogen (secondary N) is 2. The number of carbonyl (C=O) groups is 2. The average molecular weight is 471 g/mol. The van der Waals surface area contributed by atoms with Crippen LogP contribution in [-0.4, -0.2) is 45.5 Å². The summed E-state index contributed by atoms with van der Waals surface area (Å²) in [5, 5.41) is 15.1. The fourth-order valence-corrected chi connectivity index (χ4v) is 4.50. The van der Waals surface area contributed by atoms with Crippen molar-refractivity contribution in [1.82, 2.24) is 20.1 Å². The van der Waals surface area contributed by atoms with Gasteiger partial charge in [-0.3, -0.25) is 14.3 Å². The highest BCUT2D eigenvalue weighted by Gasteiger charge is 2.21. The summed E-state index contributed by atoms with van der Waals surface area (Å²) in [6, 6.07) is 26.8. The maximum Gasteiger partial charge on any atom is 0.321 e. The van der Waals surface area contributed by atoms with Crippen molar-refractivity contribution < 1.29 is 9.59 Å². The summed E-state index contributed by atoms with van der Waals surface area (Å²) in [5.41, 5.74) is 3.25. The molecule has 1 aliphatic heterocycles. The molecule has 34 heavy (non-hydrogen) atoms. The molecule has 1 fully saturated rings. The van der Waals surface area contributed by atoms with Gasteiger partial charge in [-0.1, -0.05) is 66.4 Å². The van der Waals surface area contributed by atoms with Crippen molar-refractivity contribution in [2.45, 2.75) is 5.16 Å². The van der Waals surface area contributed by atoms with Gasteiger partial charge in [-0.25, -0.2) is 4.79 Å². The zero-order valence-electron chi connectivity index (χ0n) is 18.2. The number of rotatable bonds is 7. The van der Waals surface area contributed by atoms with Crippen molar-refractivity contribution in [3.05, 3.63) is 84.9 Å². The van der Waals surface area contributed by atoms with Gasteiger partial charge in [0, 0.05) is 35.7 Å². The lowest BCUT2D eigenvalue weighted by molar-refractivity contribution is -0.113. The monoisotopic (exact) mass is 470 g/mol. The molecule has 2 heterocycles. The number of urea groups is 1. The van der Waals surface area contributed by atoms with Crippen molar-refractivity contribution in [3.8, 4) is 17.1 Å². The second kappa shape index (κ2) is 9.80. The van der Waals surface area contributed by atoms with Gasteiger partial charge < -0.3 is 10.6 Å². The quantitative estimate of drug-likeness (QED) is 0.395. The van der Waals surface area contributed by atoms with Gasteiger partial charge in [0.05, 0.1) is 5.75 Å². The van der Waals surface area contributed by atoms with E-state index in [0.717, 1.165) is 16.9 Å². The normalized spacial score (nSPS) is 13.1. The van der Waals surface area contributed by atoms with Gasteiger partial charge in [0.2, 0.25) is 5.91 Å². The van der Waals surface area contributed by atoms with E-state index in [-0.39, 0.29) is 17.7 Å². The number of hydrogen-bond donors (Lipinski definition) is 2. The average Bonchev–Trinajstić information content (AvgIpc) is 3.50. The van der Waals surface area contributed by atoms with Crippen molar-refractivity contribution in [3.63, 3.8) is 0 Å². The molecule has 0 bridgehead atoms. The first-order chi connectivity index (χ1) is 16.7. The van der Waals surface area contributed by atoms with Crippen LogP contribution in [0.4, 0.5) is 16.2 Å². The van der Waals surface area contributed by atoms with Crippen LogP contribution in [0.3, 0.4) is 0 Å². The molecule has 0 radical (unpaired) electrons. The Hall–Kier alpha value is -4.11. The summed E-state index contributed by atoms with van der Waals surface area (Å²) in [5.74, 6) is 0.706. The molecule has 5 rings (SSSR count). The molecular formula is C25H22N6O2S. The molecule has 3 aromatic carbocycles. The zero-order chi connectivity index (χ0) is 23.3. The van der Waals surface area contributed by atoms with Gasteiger partial charge >= 0.3 is 6.03 Å². The number of carbonyl (C=O) groups excluding carboxylic acids is 2. The van der Waals surface area contributed by atoms with Gasteiger partial charge in [0.15, 0.2) is 11.0 Å². The van der Waals surface area contributed by atoms with Crippen molar-refractivity contribution in [2.24, 2.45) is 0 Å².